The fourth-order valence-electron chi connectivity index (χ4n) is 1.76. The summed E-state index contributed by atoms with van der Waals surface area (Å²) in [5, 5.41) is 12.7. The second kappa shape index (κ2) is 8.26. The number of benzene rings is 1. The number of rotatable bonds is 6. The maximum absolute atomic E-state index is 13.1. The normalized spacial score (nSPS) is 12.0. The smallest absolute Gasteiger partial charge is 0.433 e. The summed E-state index contributed by atoms with van der Waals surface area (Å²) in [5.41, 5.74) is 0.239. The highest BCUT2D eigenvalue weighted by Gasteiger charge is 2.17. The van der Waals surface area contributed by atoms with Crippen LogP contribution in [0.4, 0.5) is 16.0 Å². The molecular formula is C16H12ClFN2O6. The van der Waals surface area contributed by atoms with Crippen molar-refractivity contribution in [1.82, 2.24) is 0 Å². The van der Waals surface area contributed by atoms with Gasteiger partial charge in [-0.15, -0.1) is 0 Å². The van der Waals surface area contributed by atoms with Crippen LogP contribution in [-0.4, -0.2) is 22.9 Å². The van der Waals surface area contributed by atoms with Crippen LogP contribution in [0.2, 0.25) is 5.02 Å². The van der Waals surface area contributed by atoms with Crippen molar-refractivity contribution < 1.29 is 28.1 Å². The first-order valence-corrected chi connectivity index (χ1v) is 7.53. The van der Waals surface area contributed by atoms with E-state index in [4.69, 9.17) is 20.8 Å². The molecule has 1 atom stereocenters. The highest BCUT2D eigenvalue weighted by atomic mass is 35.5. The number of carbonyl (C=O) groups is 2. The Balaban J connectivity index is 1.90. The molecule has 1 heterocycles. The van der Waals surface area contributed by atoms with Crippen molar-refractivity contribution in [3.05, 3.63) is 63.1 Å². The number of ether oxygens (including phenoxy) is 1. The van der Waals surface area contributed by atoms with Gasteiger partial charge in [0.1, 0.15) is 16.5 Å². The number of nitrogens with one attached hydrogen (secondary N) is 1. The summed E-state index contributed by atoms with van der Waals surface area (Å²) in [7, 11) is 0. The zero-order valence-corrected chi connectivity index (χ0v) is 14.0. The van der Waals surface area contributed by atoms with Gasteiger partial charge in [-0.05, 0) is 37.3 Å². The Morgan fingerprint density at radius 1 is 1.38 bits per heavy atom. The standard InChI is InChI=1S/C16H12ClFN2O6/c1-9(16(22)19-10-2-5-13(18)12(17)8-10)25-15(21)7-4-11-3-6-14(26-11)20(23)24/h2-9H,1H3,(H,19,22)/b7-4+/t9-/m0/s1. The Morgan fingerprint density at radius 2 is 2.12 bits per heavy atom. The molecular weight excluding hydrogens is 371 g/mol. The van der Waals surface area contributed by atoms with Gasteiger partial charge >= 0.3 is 11.9 Å². The molecule has 0 spiro atoms. The first kappa shape index (κ1) is 19.1. The van der Waals surface area contributed by atoms with Gasteiger partial charge in [-0.3, -0.25) is 14.9 Å². The van der Waals surface area contributed by atoms with Crippen molar-refractivity contribution in [3.8, 4) is 0 Å². The van der Waals surface area contributed by atoms with Crippen LogP contribution in [0.25, 0.3) is 6.08 Å². The van der Waals surface area contributed by atoms with Gasteiger partial charge in [-0.2, -0.15) is 0 Å². The molecule has 1 aromatic heterocycles. The molecule has 1 amide bonds. The minimum Gasteiger partial charge on any atom is -0.449 e. The van der Waals surface area contributed by atoms with Crippen molar-refractivity contribution in [2.45, 2.75) is 13.0 Å². The van der Waals surface area contributed by atoms with Gasteiger partial charge in [0.25, 0.3) is 5.91 Å². The lowest BCUT2D eigenvalue weighted by atomic mass is 10.3. The van der Waals surface area contributed by atoms with E-state index >= 15 is 0 Å². The molecule has 26 heavy (non-hydrogen) atoms. The van der Waals surface area contributed by atoms with Gasteiger partial charge in [-0.1, -0.05) is 11.6 Å². The minimum absolute atomic E-state index is 0.0757. The molecule has 136 valence electrons. The first-order valence-electron chi connectivity index (χ1n) is 7.15. The summed E-state index contributed by atoms with van der Waals surface area (Å²) in [5.74, 6) is -2.53. The number of nitrogens with zero attached hydrogens (tertiary/aromatic N) is 1. The molecule has 8 nitrogen and oxygen atoms in total. The average Bonchev–Trinajstić information content (AvgIpc) is 3.05. The number of halogens is 2. The van der Waals surface area contributed by atoms with E-state index in [2.05, 4.69) is 5.32 Å². The molecule has 2 rings (SSSR count). The molecule has 1 aromatic carbocycles. The van der Waals surface area contributed by atoms with Gasteiger partial charge in [0.05, 0.1) is 11.1 Å². The van der Waals surface area contributed by atoms with E-state index in [0.29, 0.717) is 0 Å². The van der Waals surface area contributed by atoms with Gasteiger partial charge in [-0.25, -0.2) is 9.18 Å². The van der Waals surface area contributed by atoms with Gasteiger partial charge in [0.2, 0.25) is 0 Å². The Kier molecular flexibility index (Phi) is 6.07. The number of carbonyl (C=O) groups excluding carboxylic acids is 2. The summed E-state index contributed by atoms with van der Waals surface area (Å²) < 4.78 is 22.8. The van der Waals surface area contributed by atoms with Crippen LogP contribution in [0.1, 0.15) is 12.7 Å². The highest BCUT2D eigenvalue weighted by molar-refractivity contribution is 6.31. The maximum atomic E-state index is 13.1. The third-order valence-corrected chi connectivity index (χ3v) is 3.32. The molecule has 0 aliphatic heterocycles. The second-order valence-electron chi connectivity index (χ2n) is 4.96. The lowest BCUT2D eigenvalue weighted by Gasteiger charge is -2.12. The largest absolute Gasteiger partial charge is 0.449 e. The van der Waals surface area contributed by atoms with E-state index in [1.165, 1.54) is 31.2 Å². The van der Waals surface area contributed by atoms with Crippen LogP contribution in [0, 0.1) is 15.9 Å². The number of hydrogen-bond donors (Lipinski definition) is 1. The van der Waals surface area contributed by atoms with Crippen molar-refractivity contribution >= 4 is 41.1 Å². The molecule has 0 aliphatic carbocycles. The fraction of sp³-hybridized carbons (Fsp3) is 0.125. The summed E-state index contributed by atoms with van der Waals surface area (Å²) in [6, 6.07) is 6.04. The summed E-state index contributed by atoms with van der Waals surface area (Å²) in [4.78, 5) is 33.4. The third-order valence-electron chi connectivity index (χ3n) is 3.03. The molecule has 2 aromatic rings. The van der Waals surface area contributed by atoms with Crippen molar-refractivity contribution in [1.29, 1.82) is 0 Å². The number of furan rings is 1. The summed E-state index contributed by atoms with van der Waals surface area (Å²) in [6.07, 6.45) is 0.975. The second-order valence-corrected chi connectivity index (χ2v) is 5.37. The van der Waals surface area contributed by atoms with Crippen LogP contribution in [0.15, 0.2) is 40.8 Å². The van der Waals surface area contributed by atoms with E-state index in [1.54, 1.807) is 0 Å². The van der Waals surface area contributed by atoms with E-state index < -0.39 is 34.6 Å². The Bertz CT molecular complexity index is 879. The van der Waals surface area contributed by atoms with Crippen LogP contribution >= 0.6 is 11.6 Å². The van der Waals surface area contributed by atoms with Gasteiger partial charge in [0.15, 0.2) is 6.10 Å². The number of amides is 1. The molecule has 0 saturated heterocycles. The zero-order chi connectivity index (χ0) is 19.3. The molecule has 0 radical (unpaired) electrons. The van der Waals surface area contributed by atoms with E-state index in [9.17, 15) is 24.1 Å². The predicted octanol–water partition coefficient (Wildman–Crippen LogP) is 3.56. The van der Waals surface area contributed by atoms with Crippen molar-refractivity contribution in [3.63, 3.8) is 0 Å². The van der Waals surface area contributed by atoms with E-state index in [0.717, 1.165) is 18.2 Å². The Morgan fingerprint density at radius 3 is 2.73 bits per heavy atom. The molecule has 0 saturated carbocycles. The average molecular weight is 383 g/mol. The summed E-state index contributed by atoms with van der Waals surface area (Å²) >= 11 is 5.61. The number of anilines is 1. The van der Waals surface area contributed by atoms with Crippen molar-refractivity contribution in [2.75, 3.05) is 5.32 Å². The Labute approximate surface area is 151 Å². The number of hydrogen-bond acceptors (Lipinski definition) is 6. The van der Waals surface area contributed by atoms with E-state index in [1.807, 2.05) is 0 Å². The first-order chi connectivity index (χ1) is 12.3. The monoisotopic (exact) mass is 382 g/mol. The molecule has 0 fully saturated rings. The van der Waals surface area contributed by atoms with Crippen LogP contribution in [0.5, 0.6) is 0 Å². The SMILES string of the molecule is C[C@H](OC(=O)/C=C/c1ccc([N+](=O)[O-])o1)C(=O)Nc1ccc(F)c(Cl)c1. The van der Waals surface area contributed by atoms with E-state index in [-0.39, 0.29) is 16.5 Å². The van der Waals surface area contributed by atoms with Crippen LogP contribution < -0.4 is 5.32 Å². The zero-order valence-electron chi connectivity index (χ0n) is 13.3. The number of nitro groups is 1. The van der Waals surface area contributed by atoms with Crippen LogP contribution in [-0.2, 0) is 14.3 Å². The number of esters is 1. The highest BCUT2D eigenvalue weighted by Crippen LogP contribution is 2.20. The lowest BCUT2D eigenvalue weighted by Crippen LogP contribution is -2.29. The predicted molar refractivity (Wildman–Crippen MR) is 90.0 cm³/mol. The topological polar surface area (TPSA) is 112 Å². The molecule has 0 unspecified atom stereocenters. The molecule has 0 aliphatic rings. The third kappa shape index (κ3) is 5.15. The van der Waals surface area contributed by atoms with Gasteiger partial charge in [0, 0.05) is 11.8 Å². The fourth-order valence-corrected chi connectivity index (χ4v) is 1.95. The summed E-state index contributed by atoms with van der Waals surface area (Å²) in [6.45, 7) is 1.34. The van der Waals surface area contributed by atoms with Crippen molar-refractivity contribution in [2.24, 2.45) is 0 Å². The van der Waals surface area contributed by atoms with Crippen LogP contribution in [0.3, 0.4) is 0 Å². The minimum atomic E-state index is -1.15. The Hall–Kier alpha value is -3.20. The molecule has 1 N–H and O–H groups in total. The molecule has 10 heteroatoms. The quantitative estimate of drug-likeness (QED) is 0.354. The molecule has 0 bridgehead atoms. The van der Waals surface area contributed by atoms with Gasteiger partial charge < -0.3 is 14.5 Å². The maximum Gasteiger partial charge on any atom is 0.433 e. The lowest BCUT2D eigenvalue weighted by molar-refractivity contribution is -0.402.